The van der Waals surface area contributed by atoms with E-state index in [9.17, 15) is 0 Å². The lowest BCUT2D eigenvalue weighted by molar-refractivity contribution is 0.733. The zero-order chi connectivity index (χ0) is 18.7. The summed E-state index contributed by atoms with van der Waals surface area (Å²) in [5, 5.41) is 1.21. The number of halogens is 2. The van der Waals surface area contributed by atoms with Crippen LogP contribution in [0.2, 0.25) is 10.0 Å². The van der Waals surface area contributed by atoms with Crippen LogP contribution in [0.3, 0.4) is 0 Å². The highest BCUT2D eigenvalue weighted by Gasteiger charge is 2.17. The van der Waals surface area contributed by atoms with Gasteiger partial charge in [-0.3, -0.25) is 4.98 Å². The summed E-state index contributed by atoms with van der Waals surface area (Å²) in [4.78, 5) is 16.3. The van der Waals surface area contributed by atoms with Gasteiger partial charge in [0.25, 0.3) is 0 Å². The summed E-state index contributed by atoms with van der Waals surface area (Å²) in [5.41, 5.74) is 3.46. The van der Waals surface area contributed by atoms with Crippen molar-refractivity contribution in [3.8, 4) is 11.1 Å². The molecule has 0 aliphatic heterocycles. The lowest BCUT2D eigenvalue weighted by Gasteiger charge is -2.24. The molecule has 0 amide bonds. The topological polar surface area (TPSA) is 41.9 Å². The molecule has 0 atom stereocenters. The van der Waals surface area contributed by atoms with Crippen LogP contribution in [0.15, 0.2) is 30.5 Å². The zero-order valence-electron chi connectivity index (χ0n) is 15.3. The van der Waals surface area contributed by atoms with Gasteiger partial charge in [0, 0.05) is 40.5 Å². The minimum atomic E-state index is 0.599. The van der Waals surface area contributed by atoms with E-state index in [1.54, 1.807) is 12.3 Å². The Morgan fingerprint density at radius 1 is 0.923 bits per heavy atom. The van der Waals surface area contributed by atoms with E-state index in [1.807, 2.05) is 25.1 Å². The predicted molar refractivity (Wildman–Crippen MR) is 110 cm³/mol. The molecule has 0 aliphatic rings. The van der Waals surface area contributed by atoms with Gasteiger partial charge in [-0.15, -0.1) is 0 Å². The Kier molecular flexibility index (Phi) is 5.94. The summed E-state index contributed by atoms with van der Waals surface area (Å²) >= 11 is 12.5. The third kappa shape index (κ3) is 3.76. The van der Waals surface area contributed by atoms with Crippen molar-refractivity contribution >= 4 is 40.1 Å². The van der Waals surface area contributed by atoms with Crippen molar-refractivity contribution in [1.82, 2.24) is 15.0 Å². The van der Waals surface area contributed by atoms with Crippen LogP contribution in [0, 0.1) is 6.92 Å². The molecule has 0 saturated carbocycles. The van der Waals surface area contributed by atoms with Crippen LogP contribution >= 0.6 is 23.2 Å². The number of anilines is 1. The summed E-state index contributed by atoms with van der Waals surface area (Å²) < 4.78 is 0. The van der Waals surface area contributed by atoms with E-state index in [0.717, 1.165) is 59.7 Å². The smallest absolute Gasteiger partial charge is 0.158 e. The van der Waals surface area contributed by atoms with Crippen molar-refractivity contribution in [2.45, 2.75) is 33.6 Å². The molecule has 26 heavy (non-hydrogen) atoms. The molecule has 0 aliphatic carbocycles. The highest BCUT2D eigenvalue weighted by Crippen LogP contribution is 2.35. The van der Waals surface area contributed by atoms with E-state index < -0.39 is 0 Å². The van der Waals surface area contributed by atoms with E-state index in [4.69, 9.17) is 28.2 Å². The molecule has 0 unspecified atom stereocenters. The molecule has 136 valence electrons. The maximum Gasteiger partial charge on any atom is 0.158 e. The maximum atomic E-state index is 6.45. The van der Waals surface area contributed by atoms with E-state index >= 15 is 0 Å². The summed E-state index contributed by atoms with van der Waals surface area (Å²) in [6.45, 7) is 8.13. The number of aromatic nitrogens is 3. The molecule has 4 nitrogen and oxygen atoms in total. The number of aryl methyl sites for hydroxylation is 1. The highest BCUT2D eigenvalue weighted by atomic mass is 35.5. The number of fused-ring (bicyclic) bond motifs is 1. The Bertz CT molecular complexity index is 921. The van der Waals surface area contributed by atoms with Gasteiger partial charge in [-0.2, -0.15) is 0 Å². The van der Waals surface area contributed by atoms with Crippen LogP contribution in [0.4, 0.5) is 5.82 Å². The molecule has 6 heteroatoms. The first-order valence-corrected chi connectivity index (χ1v) is 9.64. The number of pyridine rings is 1. The quantitative estimate of drug-likeness (QED) is 0.524. The number of hydrogen-bond donors (Lipinski definition) is 0. The average molecular weight is 389 g/mol. The second-order valence-electron chi connectivity index (χ2n) is 6.26. The second kappa shape index (κ2) is 8.19. The first kappa shape index (κ1) is 18.9. The predicted octanol–water partition coefficient (Wildman–Crippen LogP) is 5.93. The summed E-state index contributed by atoms with van der Waals surface area (Å²) in [5.74, 6) is 1.62. The lowest BCUT2D eigenvalue weighted by atomic mass is 10.0. The van der Waals surface area contributed by atoms with Gasteiger partial charge < -0.3 is 4.90 Å². The number of benzene rings is 1. The van der Waals surface area contributed by atoms with Crippen LogP contribution < -0.4 is 4.90 Å². The molecule has 1 aromatic carbocycles. The fourth-order valence-corrected chi connectivity index (χ4v) is 3.64. The molecule has 0 saturated heterocycles. The van der Waals surface area contributed by atoms with Crippen LogP contribution in [0.5, 0.6) is 0 Å². The van der Waals surface area contributed by atoms with Crippen molar-refractivity contribution in [2.75, 3.05) is 18.0 Å². The highest BCUT2D eigenvalue weighted by molar-refractivity contribution is 6.36. The molecular formula is C20H22Cl2N4. The standard InChI is InChI=1S/C20H22Cl2N4/c1-4-10-26(11-5-2)20-19-18(24-13(3)25-20)16(8-9-23-19)15-7-6-14(21)12-17(15)22/h6-9,12H,4-5,10-11H2,1-3H3. The normalized spacial score (nSPS) is 11.1. The van der Waals surface area contributed by atoms with Crippen LogP contribution in [-0.2, 0) is 0 Å². The Balaban J connectivity index is 2.25. The molecule has 2 heterocycles. The van der Waals surface area contributed by atoms with Gasteiger partial charge in [-0.1, -0.05) is 43.1 Å². The molecule has 0 spiro atoms. The largest absolute Gasteiger partial charge is 0.355 e. The number of rotatable bonds is 6. The summed E-state index contributed by atoms with van der Waals surface area (Å²) in [6.07, 6.45) is 3.89. The Morgan fingerprint density at radius 2 is 1.65 bits per heavy atom. The third-order valence-corrected chi connectivity index (χ3v) is 4.73. The fourth-order valence-electron chi connectivity index (χ4n) is 3.13. The third-order valence-electron chi connectivity index (χ3n) is 4.19. The summed E-state index contributed by atoms with van der Waals surface area (Å²) in [7, 11) is 0. The number of nitrogens with zero attached hydrogens (tertiary/aromatic N) is 4. The van der Waals surface area contributed by atoms with Crippen molar-refractivity contribution in [3.63, 3.8) is 0 Å². The molecule has 0 radical (unpaired) electrons. The molecular weight excluding hydrogens is 367 g/mol. The van der Waals surface area contributed by atoms with Crippen LogP contribution in [-0.4, -0.2) is 28.0 Å². The van der Waals surface area contributed by atoms with Gasteiger partial charge in [-0.25, -0.2) is 9.97 Å². The molecule has 0 fully saturated rings. The first-order chi connectivity index (χ1) is 12.5. The molecule has 3 rings (SSSR count). The van der Waals surface area contributed by atoms with Gasteiger partial charge in [-0.05, 0) is 38.0 Å². The molecule has 3 aromatic rings. The average Bonchev–Trinajstić information content (AvgIpc) is 2.61. The zero-order valence-corrected chi connectivity index (χ0v) is 16.8. The molecule has 0 bridgehead atoms. The summed E-state index contributed by atoms with van der Waals surface area (Å²) in [6, 6.07) is 7.45. The maximum absolute atomic E-state index is 6.45. The first-order valence-electron chi connectivity index (χ1n) is 8.88. The van der Waals surface area contributed by atoms with Crippen molar-refractivity contribution in [3.05, 3.63) is 46.3 Å². The lowest BCUT2D eigenvalue weighted by Crippen LogP contribution is -2.26. The van der Waals surface area contributed by atoms with Gasteiger partial charge in [0.05, 0.1) is 0 Å². The molecule has 0 N–H and O–H groups in total. The Morgan fingerprint density at radius 3 is 2.31 bits per heavy atom. The van der Waals surface area contributed by atoms with Crippen molar-refractivity contribution in [2.24, 2.45) is 0 Å². The fraction of sp³-hybridized carbons (Fsp3) is 0.350. The van der Waals surface area contributed by atoms with Crippen molar-refractivity contribution in [1.29, 1.82) is 0 Å². The monoisotopic (exact) mass is 388 g/mol. The van der Waals surface area contributed by atoms with Crippen molar-refractivity contribution < 1.29 is 0 Å². The number of hydrogen-bond acceptors (Lipinski definition) is 4. The van der Waals surface area contributed by atoms with E-state index in [1.165, 1.54) is 0 Å². The van der Waals surface area contributed by atoms with Crippen LogP contribution in [0.25, 0.3) is 22.2 Å². The van der Waals surface area contributed by atoms with Gasteiger partial charge >= 0.3 is 0 Å². The van der Waals surface area contributed by atoms with E-state index in [-0.39, 0.29) is 0 Å². The SMILES string of the molecule is CCCN(CCC)c1nc(C)nc2c(-c3ccc(Cl)cc3Cl)ccnc12. The minimum absolute atomic E-state index is 0.599. The van der Waals surface area contributed by atoms with Gasteiger partial charge in [0.2, 0.25) is 0 Å². The second-order valence-corrected chi connectivity index (χ2v) is 7.11. The van der Waals surface area contributed by atoms with E-state index in [0.29, 0.717) is 10.0 Å². The van der Waals surface area contributed by atoms with Gasteiger partial charge in [0.15, 0.2) is 5.82 Å². The minimum Gasteiger partial charge on any atom is -0.355 e. The van der Waals surface area contributed by atoms with Gasteiger partial charge in [0.1, 0.15) is 16.9 Å². The van der Waals surface area contributed by atoms with E-state index in [2.05, 4.69) is 28.7 Å². The molecule has 2 aromatic heterocycles. The van der Waals surface area contributed by atoms with Crippen LogP contribution in [0.1, 0.15) is 32.5 Å². The Labute approximate surface area is 164 Å². The Hall–Kier alpha value is -1.91.